The molecule has 0 saturated carbocycles. The fourth-order valence-corrected chi connectivity index (χ4v) is 4.16. The highest BCUT2D eigenvalue weighted by molar-refractivity contribution is 6.00. The summed E-state index contributed by atoms with van der Waals surface area (Å²) in [5.41, 5.74) is 1.83. The minimum Gasteiger partial charge on any atom is -0.371 e. The average molecular weight is 401 g/mol. The summed E-state index contributed by atoms with van der Waals surface area (Å²) in [6.45, 7) is 12.4. The Kier molecular flexibility index (Phi) is 7.53. The lowest BCUT2D eigenvalue weighted by atomic mass is 10.0. The molecule has 2 saturated heterocycles. The Morgan fingerprint density at radius 3 is 2.31 bits per heavy atom. The Morgan fingerprint density at radius 2 is 1.69 bits per heavy atom. The van der Waals surface area contributed by atoms with Crippen molar-refractivity contribution >= 4 is 17.5 Å². The van der Waals surface area contributed by atoms with Crippen molar-refractivity contribution in [2.24, 2.45) is 5.92 Å². The van der Waals surface area contributed by atoms with Gasteiger partial charge in [0.2, 0.25) is 5.91 Å². The highest BCUT2D eigenvalue weighted by Gasteiger charge is 2.27. The third-order valence-electron chi connectivity index (χ3n) is 6.48. The first-order valence-electron chi connectivity index (χ1n) is 11.2. The van der Waals surface area contributed by atoms with Crippen molar-refractivity contribution < 1.29 is 9.59 Å². The lowest BCUT2D eigenvalue weighted by molar-refractivity contribution is -0.125. The minimum atomic E-state index is 0.0690. The number of amides is 2. The van der Waals surface area contributed by atoms with E-state index in [-0.39, 0.29) is 23.8 Å². The van der Waals surface area contributed by atoms with Crippen LogP contribution in [0.15, 0.2) is 24.3 Å². The van der Waals surface area contributed by atoms with Gasteiger partial charge >= 0.3 is 0 Å². The molecule has 2 amide bonds. The first-order chi connectivity index (χ1) is 14.0. The second-order valence-corrected chi connectivity index (χ2v) is 8.32. The van der Waals surface area contributed by atoms with Crippen LogP contribution in [0.2, 0.25) is 0 Å². The number of piperazine rings is 1. The van der Waals surface area contributed by atoms with E-state index in [2.05, 4.69) is 28.1 Å². The third kappa shape index (κ3) is 5.30. The Morgan fingerprint density at radius 1 is 1.03 bits per heavy atom. The molecule has 2 fully saturated rings. The lowest BCUT2D eigenvalue weighted by Gasteiger charge is -2.37. The van der Waals surface area contributed by atoms with E-state index in [0.717, 1.165) is 76.3 Å². The van der Waals surface area contributed by atoms with Crippen LogP contribution in [0, 0.1) is 5.92 Å². The van der Waals surface area contributed by atoms with E-state index >= 15 is 0 Å². The number of rotatable bonds is 6. The number of hydrogen-bond acceptors (Lipinski definition) is 4. The first-order valence-corrected chi connectivity index (χ1v) is 11.2. The number of piperidine rings is 1. The molecular formula is C23H36N4O2. The number of para-hydroxylation sites is 1. The summed E-state index contributed by atoms with van der Waals surface area (Å²) in [6.07, 6.45) is 2.70. The molecule has 1 unspecified atom stereocenters. The molecule has 2 heterocycles. The number of hydrogen-bond donors (Lipinski definition) is 1. The zero-order valence-corrected chi connectivity index (χ0v) is 18.2. The van der Waals surface area contributed by atoms with Crippen molar-refractivity contribution in [2.75, 3.05) is 50.7 Å². The Bertz CT molecular complexity index is 692. The normalized spacial score (nSPS) is 19.8. The SMILES string of the molecule is CCC(C)C(=O)NC1CCN(c2ccccc2C(=O)N2CCN(CC)CC2)CC1. The smallest absolute Gasteiger partial charge is 0.256 e. The maximum Gasteiger partial charge on any atom is 0.256 e. The minimum absolute atomic E-state index is 0.0690. The molecule has 2 aliphatic rings. The van der Waals surface area contributed by atoms with Gasteiger partial charge in [0.05, 0.1) is 5.56 Å². The highest BCUT2D eigenvalue weighted by Crippen LogP contribution is 2.26. The number of carbonyl (C=O) groups excluding carboxylic acids is 2. The van der Waals surface area contributed by atoms with Gasteiger partial charge in [-0.05, 0) is 37.9 Å². The van der Waals surface area contributed by atoms with Crippen LogP contribution in [0.3, 0.4) is 0 Å². The molecule has 0 aliphatic carbocycles. The first kappa shape index (κ1) is 21.6. The molecule has 6 nitrogen and oxygen atoms in total. The zero-order valence-electron chi connectivity index (χ0n) is 18.2. The molecule has 6 heteroatoms. The van der Waals surface area contributed by atoms with E-state index in [9.17, 15) is 9.59 Å². The summed E-state index contributed by atoms with van der Waals surface area (Å²) >= 11 is 0. The van der Waals surface area contributed by atoms with Crippen molar-refractivity contribution in [1.82, 2.24) is 15.1 Å². The van der Waals surface area contributed by atoms with Crippen LogP contribution in [0.4, 0.5) is 5.69 Å². The Hall–Kier alpha value is -2.08. The second-order valence-electron chi connectivity index (χ2n) is 8.32. The molecule has 160 valence electrons. The highest BCUT2D eigenvalue weighted by atomic mass is 16.2. The van der Waals surface area contributed by atoms with Crippen molar-refractivity contribution in [2.45, 2.75) is 46.1 Å². The van der Waals surface area contributed by atoms with E-state index in [4.69, 9.17) is 0 Å². The number of benzene rings is 1. The van der Waals surface area contributed by atoms with Crippen LogP contribution in [-0.4, -0.2) is 73.5 Å². The van der Waals surface area contributed by atoms with Crippen LogP contribution in [0.5, 0.6) is 0 Å². The van der Waals surface area contributed by atoms with E-state index < -0.39 is 0 Å². The maximum absolute atomic E-state index is 13.2. The summed E-state index contributed by atoms with van der Waals surface area (Å²) in [4.78, 5) is 32.1. The van der Waals surface area contributed by atoms with E-state index in [1.807, 2.05) is 36.9 Å². The molecule has 3 rings (SSSR count). The molecule has 1 aromatic carbocycles. The van der Waals surface area contributed by atoms with Gasteiger partial charge in [-0.15, -0.1) is 0 Å². The summed E-state index contributed by atoms with van der Waals surface area (Å²) in [6, 6.07) is 8.22. The Labute approximate surface area is 175 Å². The van der Waals surface area contributed by atoms with Gasteiger partial charge in [0.15, 0.2) is 0 Å². The van der Waals surface area contributed by atoms with Crippen LogP contribution in [-0.2, 0) is 4.79 Å². The predicted octanol–water partition coefficient (Wildman–Crippen LogP) is 2.60. The summed E-state index contributed by atoms with van der Waals surface area (Å²) in [5, 5.41) is 3.19. The van der Waals surface area contributed by atoms with Gasteiger partial charge < -0.3 is 20.0 Å². The van der Waals surface area contributed by atoms with Crippen molar-refractivity contribution in [1.29, 1.82) is 0 Å². The largest absolute Gasteiger partial charge is 0.371 e. The second kappa shape index (κ2) is 10.1. The summed E-state index contributed by atoms with van der Waals surface area (Å²) in [7, 11) is 0. The zero-order chi connectivity index (χ0) is 20.8. The maximum atomic E-state index is 13.2. The molecule has 0 aromatic heterocycles. The van der Waals surface area contributed by atoms with Gasteiger partial charge in [-0.2, -0.15) is 0 Å². The molecule has 0 spiro atoms. The molecule has 1 aromatic rings. The van der Waals surface area contributed by atoms with Crippen molar-refractivity contribution in [3.05, 3.63) is 29.8 Å². The van der Waals surface area contributed by atoms with E-state index in [1.165, 1.54) is 0 Å². The topological polar surface area (TPSA) is 55.9 Å². The fourth-order valence-electron chi connectivity index (χ4n) is 4.16. The van der Waals surface area contributed by atoms with Gasteiger partial charge in [0.1, 0.15) is 0 Å². The van der Waals surface area contributed by atoms with Crippen LogP contribution in [0.25, 0.3) is 0 Å². The van der Waals surface area contributed by atoms with Gasteiger partial charge in [-0.25, -0.2) is 0 Å². The van der Waals surface area contributed by atoms with Crippen molar-refractivity contribution in [3.8, 4) is 0 Å². The van der Waals surface area contributed by atoms with Gasteiger partial charge in [0, 0.05) is 56.9 Å². The lowest BCUT2D eigenvalue weighted by Crippen LogP contribution is -2.49. The molecule has 1 N–H and O–H groups in total. The molecule has 29 heavy (non-hydrogen) atoms. The van der Waals surface area contributed by atoms with Crippen LogP contribution < -0.4 is 10.2 Å². The quantitative estimate of drug-likeness (QED) is 0.798. The molecular weight excluding hydrogens is 364 g/mol. The van der Waals surface area contributed by atoms with Crippen LogP contribution in [0.1, 0.15) is 50.4 Å². The van der Waals surface area contributed by atoms with Gasteiger partial charge in [0.25, 0.3) is 5.91 Å². The van der Waals surface area contributed by atoms with Crippen LogP contribution >= 0.6 is 0 Å². The van der Waals surface area contributed by atoms with Crippen molar-refractivity contribution in [3.63, 3.8) is 0 Å². The number of anilines is 1. The van der Waals surface area contributed by atoms with Gasteiger partial charge in [-0.3, -0.25) is 9.59 Å². The average Bonchev–Trinajstić information content (AvgIpc) is 2.78. The molecule has 1 atom stereocenters. The summed E-state index contributed by atoms with van der Waals surface area (Å²) in [5.74, 6) is 0.371. The van der Waals surface area contributed by atoms with E-state index in [0.29, 0.717) is 0 Å². The number of likely N-dealkylation sites (N-methyl/N-ethyl adjacent to an activating group) is 1. The molecule has 0 radical (unpaired) electrons. The summed E-state index contributed by atoms with van der Waals surface area (Å²) < 4.78 is 0. The Balaban J connectivity index is 1.61. The third-order valence-corrected chi connectivity index (χ3v) is 6.48. The standard InChI is InChI=1S/C23H36N4O2/c1-4-18(3)22(28)24-19-10-12-26(13-11-19)21-9-7-6-8-20(21)23(29)27-16-14-25(5-2)15-17-27/h6-9,18-19H,4-5,10-17H2,1-3H3,(H,24,28). The predicted molar refractivity (Wildman–Crippen MR) is 117 cm³/mol. The fraction of sp³-hybridized carbons (Fsp3) is 0.652. The number of nitrogens with zero attached hydrogens (tertiary/aromatic N) is 3. The molecule has 0 bridgehead atoms. The monoisotopic (exact) mass is 400 g/mol. The van der Waals surface area contributed by atoms with E-state index in [1.54, 1.807) is 0 Å². The molecule has 2 aliphatic heterocycles. The number of nitrogens with one attached hydrogen (secondary N) is 1. The number of carbonyl (C=O) groups is 2. The van der Waals surface area contributed by atoms with Gasteiger partial charge in [-0.1, -0.05) is 32.9 Å².